The number of hydrogen-bond donors (Lipinski definition) is 0. The smallest absolute Gasteiger partial charge is 0.451 e. The van der Waals surface area contributed by atoms with E-state index in [-0.39, 0.29) is 10.7 Å². The largest absolute Gasteiger partial charge is 0.486 e. The Morgan fingerprint density at radius 1 is 1.05 bits per heavy atom. The van der Waals surface area contributed by atoms with E-state index < -0.39 is 12.0 Å². The Bertz CT molecular complexity index is 660. The number of rotatable bonds is 0. The summed E-state index contributed by atoms with van der Waals surface area (Å²) < 4.78 is 48.4. The zero-order valence-electron chi connectivity index (χ0n) is 9.29. The molecule has 1 aromatic heterocycles. The summed E-state index contributed by atoms with van der Waals surface area (Å²) in [5.74, 6) is -0.507. The molecule has 1 aromatic carbocycles. The van der Waals surface area contributed by atoms with E-state index in [2.05, 4.69) is 9.97 Å². The van der Waals surface area contributed by atoms with Crippen molar-refractivity contribution in [1.29, 1.82) is 0 Å². The number of alkyl halides is 3. The van der Waals surface area contributed by atoms with Gasteiger partial charge in [0, 0.05) is 11.5 Å². The highest BCUT2D eigenvalue weighted by Crippen LogP contribution is 2.37. The number of hydrogen-bond acceptors (Lipinski definition) is 4. The van der Waals surface area contributed by atoms with Crippen molar-refractivity contribution in [2.45, 2.75) is 6.18 Å². The third kappa shape index (κ3) is 2.14. The molecule has 0 bridgehead atoms. The summed E-state index contributed by atoms with van der Waals surface area (Å²) in [6.45, 7) is 0.709. The van der Waals surface area contributed by atoms with Crippen LogP contribution >= 0.6 is 11.6 Å². The molecule has 0 spiro atoms. The number of nitrogens with zero attached hydrogens (tertiary/aromatic N) is 2. The van der Waals surface area contributed by atoms with Crippen molar-refractivity contribution in [3.05, 3.63) is 23.1 Å². The Labute approximate surface area is 110 Å². The number of aromatic nitrogens is 2. The minimum absolute atomic E-state index is 0.0663. The zero-order valence-corrected chi connectivity index (χ0v) is 10.0. The van der Waals surface area contributed by atoms with Crippen molar-refractivity contribution in [1.82, 2.24) is 9.97 Å². The first kappa shape index (κ1) is 12.3. The van der Waals surface area contributed by atoms with Crippen LogP contribution in [0.2, 0.25) is 5.15 Å². The molecule has 2 heterocycles. The van der Waals surface area contributed by atoms with E-state index in [1.807, 2.05) is 0 Å². The normalized spacial score (nSPS) is 14.7. The maximum absolute atomic E-state index is 12.6. The fourth-order valence-corrected chi connectivity index (χ4v) is 1.99. The number of fused-ring (bicyclic) bond motifs is 2. The molecule has 0 saturated heterocycles. The van der Waals surface area contributed by atoms with Crippen molar-refractivity contribution in [2.75, 3.05) is 13.2 Å². The molecule has 0 unspecified atom stereocenters. The van der Waals surface area contributed by atoms with Gasteiger partial charge in [-0.25, -0.2) is 9.97 Å². The molecule has 0 saturated carbocycles. The standard InChI is InChI=1S/C11H6ClF3N2O2/c12-9-5-3-7-8(19-2-1-18-7)4-6(5)16-10(17-9)11(13,14)15/h3-4H,1-2H2. The molecular formula is C11H6ClF3N2O2. The lowest BCUT2D eigenvalue weighted by Gasteiger charge is -2.19. The highest BCUT2D eigenvalue weighted by Gasteiger charge is 2.35. The molecule has 2 aromatic rings. The molecule has 100 valence electrons. The van der Waals surface area contributed by atoms with Crippen LogP contribution in [-0.4, -0.2) is 23.2 Å². The summed E-state index contributed by atoms with van der Waals surface area (Å²) in [4.78, 5) is 6.71. The summed E-state index contributed by atoms with van der Waals surface area (Å²) in [6, 6.07) is 2.85. The van der Waals surface area contributed by atoms with Gasteiger partial charge in [-0.1, -0.05) is 11.6 Å². The van der Waals surface area contributed by atoms with Crippen molar-refractivity contribution in [3.8, 4) is 11.5 Å². The maximum atomic E-state index is 12.6. The van der Waals surface area contributed by atoms with Gasteiger partial charge in [0.05, 0.1) is 5.52 Å². The summed E-state index contributed by atoms with van der Waals surface area (Å²) >= 11 is 5.76. The lowest BCUT2D eigenvalue weighted by atomic mass is 10.2. The molecule has 0 atom stereocenters. The van der Waals surface area contributed by atoms with Gasteiger partial charge >= 0.3 is 6.18 Å². The Kier molecular flexibility index (Phi) is 2.67. The second kappa shape index (κ2) is 4.12. The first-order valence-electron chi connectivity index (χ1n) is 5.29. The molecular weight excluding hydrogens is 285 g/mol. The topological polar surface area (TPSA) is 44.2 Å². The third-order valence-electron chi connectivity index (χ3n) is 2.57. The van der Waals surface area contributed by atoms with Gasteiger partial charge in [-0.05, 0) is 6.07 Å². The minimum Gasteiger partial charge on any atom is -0.486 e. The highest BCUT2D eigenvalue weighted by molar-refractivity contribution is 6.34. The van der Waals surface area contributed by atoms with Crippen LogP contribution < -0.4 is 9.47 Å². The molecule has 19 heavy (non-hydrogen) atoms. The molecule has 0 amide bonds. The molecule has 1 aliphatic heterocycles. The molecule has 0 fully saturated rings. The summed E-state index contributed by atoms with van der Waals surface area (Å²) in [7, 11) is 0. The van der Waals surface area contributed by atoms with Gasteiger partial charge in [-0.3, -0.25) is 0 Å². The molecule has 8 heteroatoms. The molecule has 0 N–H and O–H groups in total. The van der Waals surface area contributed by atoms with E-state index in [1.165, 1.54) is 12.1 Å². The zero-order chi connectivity index (χ0) is 13.6. The van der Waals surface area contributed by atoms with Gasteiger partial charge in [0.25, 0.3) is 0 Å². The van der Waals surface area contributed by atoms with Crippen LogP contribution in [0.3, 0.4) is 0 Å². The first-order chi connectivity index (χ1) is 8.95. The fraction of sp³-hybridized carbons (Fsp3) is 0.273. The van der Waals surface area contributed by atoms with Crippen molar-refractivity contribution in [3.63, 3.8) is 0 Å². The van der Waals surface area contributed by atoms with Crippen LogP contribution in [0.15, 0.2) is 12.1 Å². The number of ether oxygens (including phenoxy) is 2. The van der Waals surface area contributed by atoms with Crippen molar-refractivity contribution in [2.24, 2.45) is 0 Å². The van der Waals surface area contributed by atoms with E-state index in [0.29, 0.717) is 30.1 Å². The summed E-state index contributed by atoms with van der Waals surface area (Å²) in [5.41, 5.74) is 0.0663. The van der Waals surface area contributed by atoms with Gasteiger partial charge < -0.3 is 9.47 Å². The van der Waals surface area contributed by atoms with E-state index in [4.69, 9.17) is 21.1 Å². The van der Waals surface area contributed by atoms with Gasteiger partial charge in [0.15, 0.2) is 11.5 Å². The Hall–Kier alpha value is -1.76. The third-order valence-corrected chi connectivity index (χ3v) is 2.85. The van der Waals surface area contributed by atoms with Gasteiger partial charge in [0.1, 0.15) is 18.4 Å². The van der Waals surface area contributed by atoms with Crippen LogP contribution in [-0.2, 0) is 6.18 Å². The van der Waals surface area contributed by atoms with E-state index in [0.717, 1.165) is 0 Å². The van der Waals surface area contributed by atoms with Crippen molar-refractivity contribution >= 4 is 22.5 Å². The van der Waals surface area contributed by atoms with Crippen LogP contribution in [0, 0.1) is 0 Å². The predicted octanol–water partition coefficient (Wildman–Crippen LogP) is 3.07. The van der Waals surface area contributed by atoms with Crippen LogP contribution in [0.5, 0.6) is 11.5 Å². The summed E-state index contributed by atoms with van der Waals surface area (Å²) in [6.07, 6.45) is -4.65. The molecule has 1 aliphatic rings. The molecule has 3 rings (SSSR count). The van der Waals surface area contributed by atoms with Crippen LogP contribution in [0.4, 0.5) is 13.2 Å². The van der Waals surface area contributed by atoms with Gasteiger partial charge in [0.2, 0.25) is 5.82 Å². The Morgan fingerprint density at radius 2 is 1.68 bits per heavy atom. The first-order valence-corrected chi connectivity index (χ1v) is 5.67. The Morgan fingerprint density at radius 3 is 2.32 bits per heavy atom. The SMILES string of the molecule is FC(F)(F)c1nc(Cl)c2cc3c(cc2n1)OCCO3. The van der Waals surface area contributed by atoms with E-state index >= 15 is 0 Å². The highest BCUT2D eigenvalue weighted by atomic mass is 35.5. The number of halogens is 4. The lowest BCUT2D eigenvalue weighted by Crippen LogP contribution is -2.16. The second-order valence-corrected chi connectivity index (χ2v) is 4.21. The molecule has 4 nitrogen and oxygen atoms in total. The average Bonchev–Trinajstić information content (AvgIpc) is 2.35. The maximum Gasteiger partial charge on any atom is 0.451 e. The van der Waals surface area contributed by atoms with Gasteiger partial charge in [-0.2, -0.15) is 13.2 Å². The quantitative estimate of drug-likeness (QED) is 0.700. The van der Waals surface area contributed by atoms with E-state index in [9.17, 15) is 13.2 Å². The van der Waals surface area contributed by atoms with E-state index in [1.54, 1.807) is 0 Å². The minimum atomic E-state index is -4.65. The fourth-order valence-electron chi connectivity index (χ4n) is 1.75. The molecule has 0 radical (unpaired) electrons. The monoisotopic (exact) mass is 290 g/mol. The second-order valence-electron chi connectivity index (χ2n) is 3.85. The van der Waals surface area contributed by atoms with Crippen LogP contribution in [0.25, 0.3) is 10.9 Å². The molecule has 0 aliphatic carbocycles. The predicted molar refractivity (Wildman–Crippen MR) is 60.5 cm³/mol. The van der Waals surface area contributed by atoms with Gasteiger partial charge in [-0.15, -0.1) is 0 Å². The number of benzene rings is 1. The summed E-state index contributed by atoms with van der Waals surface area (Å²) in [5, 5.41) is 0.0215. The lowest BCUT2D eigenvalue weighted by molar-refractivity contribution is -0.144. The Balaban J connectivity index is 2.24. The van der Waals surface area contributed by atoms with Crippen LogP contribution in [0.1, 0.15) is 5.82 Å². The average molecular weight is 291 g/mol. The van der Waals surface area contributed by atoms with Crippen molar-refractivity contribution < 1.29 is 22.6 Å².